The van der Waals surface area contributed by atoms with Gasteiger partial charge in [-0.2, -0.15) is 0 Å². The Balaban J connectivity index is 1.46. The fourth-order valence-electron chi connectivity index (χ4n) is 4.39. The average molecular weight is 406 g/mol. The minimum atomic E-state index is -0.00988. The summed E-state index contributed by atoms with van der Waals surface area (Å²) in [5.41, 5.74) is 4.89. The quantitative estimate of drug-likeness (QED) is 0.691. The Bertz CT molecular complexity index is 864. The molecule has 2 aliphatic heterocycles. The average Bonchev–Trinajstić information content (AvgIpc) is 2.94. The van der Waals surface area contributed by atoms with E-state index in [0.717, 1.165) is 64.3 Å². The second kappa shape index (κ2) is 10.0. The van der Waals surface area contributed by atoms with E-state index in [1.54, 1.807) is 0 Å². The van der Waals surface area contributed by atoms with E-state index in [2.05, 4.69) is 47.1 Å². The Kier molecular flexibility index (Phi) is 6.92. The second-order valence-corrected chi connectivity index (χ2v) is 8.19. The predicted molar refractivity (Wildman–Crippen MR) is 119 cm³/mol. The zero-order chi connectivity index (χ0) is 20.8. The number of hydrogen-bond donors (Lipinski definition) is 0. The summed E-state index contributed by atoms with van der Waals surface area (Å²) >= 11 is 0. The van der Waals surface area contributed by atoms with E-state index in [1.165, 1.54) is 16.7 Å². The van der Waals surface area contributed by atoms with E-state index in [4.69, 9.17) is 4.74 Å². The molecule has 2 aromatic rings. The van der Waals surface area contributed by atoms with Crippen LogP contribution in [0.2, 0.25) is 0 Å². The van der Waals surface area contributed by atoms with Gasteiger partial charge in [0.15, 0.2) is 0 Å². The molecule has 2 aliphatic rings. The lowest BCUT2D eigenvalue weighted by Crippen LogP contribution is -2.37. The van der Waals surface area contributed by atoms with Crippen molar-refractivity contribution in [1.82, 2.24) is 14.8 Å². The molecule has 30 heavy (non-hydrogen) atoms. The smallest absolute Gasteiger partial charge is 0.227 e. The molecule has 1 atom stereocenters. The van der Waals surface area contributed by atoms with Crippen LogP contribution in [0, 0.1) is 5.92 Å². The van der Waals surface area contributed by atoms with Crippen molar-refractivity contribution < 1.29 is 9.53 Å². The molecule has 1 aromatic carbocycles. The van der Waals surface area contributed by atoms with Gasteiger partial charge in [0.1, 0.15) is 0 Å². The number of rotatable bonds is 6. The van der Waals surface area contributed by atoms with Crippen molar-refractivity contribution >= 4 is 5.91 Å². The molecule has 5 nitrogen and oxygen atoms in total. The number of carbonyl (C=O) groups is 1. The van der Waals surface area contributed by atoms with Gasteiger partial charge in [0.25, 0.3) is 0 Å². The highest BCUT2D eigenvalue weighted by molar-refractivity contribution is 5.79. The van der Waals surface area contributed by atoms with Crippen molar-refractivity contribution in [2.75, 3.05) is 45.9 Å². The maximum atomic E-state index is 13.2. The van der Waals surface area contributed by atoms with Crippen LogP contribution in [0.1, 0.15) is 18.9 Å². The first-order valence-corrected chi connectivity index (χ1v) is 11.0. The Morgan fingerprint density at radius 2 is 1.83 bits per heavy atom. The van der Waals surface area contributed by atoms with Crippen LogP contribution < -0.4 is 0 Å². The van der Waals surface area contributed by atoms with Crippen LogP contribution in [0.25, 0.3) is 11.1 Å². The number of hydrogen-bond acceptors (Lipinski definition) is 4. The minimum Gasteiger partial charge on any atom is -0.377 e. The third-order valence-electron chi connectivity index (χ3n) is 6.07. The Morgan fingerprint density at radius 1 is 1.07 bits per heavy atom. The molecule has 0 aliphatic carbocycles. The third kappa shape index (κ3) is 5.15. The van der Waals surface area contributed by atoms with Gasteiger partial charge in [-0.15, -0.1) is 0 Å². The molecule has 0 radical (unpaired) electrons. The van der Waals surface area contributed by atoms with Crippen LogP contribution in [-0.4, -0.2) is 66.6 Å². The van der Waals surface area contributed by atoms with E-state index < -0.39 is 0 Å². The molecule has 0 unspecified atom stereocenters. The van der Waals surface area contributed by atoms with Crippen LogP contribution in [0.4, 0.5) is 0 Å². The molecule has 0 bridgehead atoms. The van der Waals surface area contributed by atoms with Crippen molar-refractivity contribution in [2.24, 2.45) is 5.92 Å². The SMILES string of the molecule is CCN1CCN(CC2=CCCOC2)C[C@@H](Cc2ccc(-c3ccncc3)cc2)C1=O. The van der Waals surface area contributed by atoms with E-state index in [0.29, 0.717) is 0 Å². The largest absolute Gasteiger partial charge is 0.377 e. The molecular weight excluding hydrogens is 374 g/mol. The Morgan fingerprint density at radius 3 is 2.53 bits per heavy atom. The summed E-state index contributed by atoms with van der Waals surface area (Å²) in [6.07, 6.45) is 7.71. The summed E-state index contributed by atoms with van der Waals surface area (Å²) in [6, 6.07) is 12.6. The number of benzene rings is 1. The molecular formula is C25H31N3O2. The highest BCUT2D eigenvalue weighted by Crippen LogP contribution is 2.22. The molecule has 0 spiro atoms. The van der Waals surface area contributed by atoms with Crippen molar-refractivity contribution in [3.63, 3.8) is 0 Å². The Hall–Kier alpha value is -2.50. The number of aromatic nitrogens is 1. The van der Waals surface area contributed by atoms with Gasteiger partial charge >= 0.3 is 0 Å². The van der Waals surface area contributed by atoms with E-state index in [1.807, 2.05) is 29.4 Å². The summed E-state index contributed by atoms with van der Waals surface area (Å²) in [5.74, 6) is 0.274. The summed E-state index contributed by atoms with van der Waals surface area (Å²) in [7, 11) is 0. The third-order valence-corrected chi connectivity index (χ3v) is 6.07. The van der Waals surface area contributed by atoms with Crippen molar-refractivity contribution in [1.29, 1.82) is 0 Å². The summed E-state index contributed by atoms with van der Waals surface area (Å²) < 4.78 is 5.61. The normalized spacial score (nSPS) is 20.7. The lowest BCUT2D eigenvalue weighted by molar-refractivity contribution is -0.134. The van der Waals surface area contributed by atoms with Crippen LogP contribution in [-0.2, 0) is 16.0 Å². The lowest BCUT2D eigenvalue weighted by Gasteiger charge is -2.25. The molecule has 4 rings (SSSR count). The fraction of sp³-hybridized carbons (Fsp3) is 0.440. The number of amides is 1. The molecule has 5 heteroatoms. The number of ether oxygens (including phenoxy) is 1. The van der Waals surface area contributed by atoms with Crippen molar-refractivity contribution in [3.05, 3.63) is 66.0 Å². The first-order valence-electron chi connectivity index (χ1n) is 11.0. The van der Waals surface area contributed by atoms with Gasteiger partial charge < -0.3 is 9.64 Å². The maximum absolute atomic E-state index is 13.2. The predicted octanol–water partition coefficient (Wildman–Crippen LogP) is 3.42. The molecule has 1 saturated heterocycles. The number of nitrogens with zero attached hydrogens (tertiary/aromatic N) is 3. The molecule has 0 saturated carbocycles. The topological polar surface area (TPSA) is 45.7 Å². The van der Waals surface area contributed by atoms with Crippen molar-refractivity contribution in [3.8, 4) is 11.1 Å². The van der Waals surface area contributed by atoms with Gasteiger partial charge in [-0.05, 0) is 54.2 Å². The highest BCUT2D eigenvalue weighted by atomic mass is 16.5. The zero-order valence-corrected chi connectivity index (χ0v) is 17.8. The molecule has 1 aromatic heterocycles. The van der Waals surface area contributed by atoms with Gasteiger partial charge in [-0.25, -0.2) is 0 Å². The zero-order valence-electron chi connectivity index (χ0n) is 17.8. The molecule has 1 amide bonds. The lowest BCUT2D eigenvalue weighted by atomic mass is 9.95. The number of pyridine rings is 1. The number of likely N-dealkylation sites (N-methyl/N-ethyl adjacent to an activating group) is 1. The van der Waals surface area contributed by atoms with Crippen molar-refractivity contribution in [2.45, 2.75) is 19.8 Å². The summed E-state index contributed by atoms with van der Waals surface area (Å²) in [5, 5.41) is 0. The summed E-state index contributed by atoms with van der Waals surface area (Å²) in [6.45, 7) is 7.84. The Labute approximate surface area is 179 Å². The standard InChI is InChI=1S/C25H31N3O2/c1-2-28-14-13-27(17-21-4-3-15-30-19-21)18-24(25(28)29)16-20-5-7-22(8-6-20)23-9-11-26-12-10-23/h4-12,24H,2-3,13-19H2,1H3/t24-/m1/s1. The van der Waals surface area contributed by atoms with Gasteiger partial charge in [0.2, 0.25) is 5.91 Å². The van der Waals surface area contributed by atoms with E-state index in [9.17, 15) is 4.79 Å². The van der Waals surface area contributed by atoms with Gasteiger partial charge in [0, 0.05) is 45.1 Å². The second-order valence-electron chi connectivity index (χ2n) is 8.19. The molecule has 1 fully saturated rings. The van der Waals surface area contributed by atoms with Crippen LogP contribution >= 0.6 is 0 Å². The maximum Gasteiger partial charge on any atom is 0.227 e. The van der Waals surface area contributed by atoms with E-state index in [-0.39, 0.29) is 11.8 Å². The van der Waals surface area contributed by atoms with Crippen LogP contribution in [0.5, 0.6) is 0 Å². The highest BCUT2D eigenvalue weighted by Gasteiger charge is 2.30. The molecule has 3 heterocycles. The fourth-order valence-corrected chi connectivity index (χ4v) is 4.39. The molecule has 158 valence electrons. The first kappa shape index (κ1) is 20.8. The van der Waals surface area contributed by atoms with E-state index >= 15 is 0 Å². The van der Waals surface area contributed by atoms with Gasteiger partial charge in [0.05, 0.1) is 19.1 Å². The van der Waals surface area contributed by atoms with Gasteiger partial charge in [-0.3, -0.25) is 14.7 Å². The van der Waals surface area contributed by atoms with Crippen LogP contribution in [0.3, 0.4) is 0 Å². The monoisotopic (exact) mass is 405 g/mol. The van der Waals surface area contributed by atoms with Crippen LogP contribution in [0.15, 0.2) is 60.4 Å². The first-order chi connectivity index (χ1) is 14.7. The van der Waals surface area contributed by atoms with Gasteiger partial charge in [-0.1, -0.05) is 30.3 Å². The minimum absolute atomic E-state index is 0.00988. The molecule has 0 N–H and O–H groups in total. The summed E-state index contributed by atoms with van der Waals surface area (Å²) in [4.78, 5) is 21.7. The number of carbonyl (C=O) groups excluding carboxylic acids is 1.